The first-order valence-corrected chi connectivity index (χ1v) is 6.48. The maximum atomic E-state index is 11.2. The van der Waals surface area contributed by atoms with Gasteiger partial charge in [0.15, 0.2) is 0 Å². The zero-order valence-electron chi connectivity index (χ0n) is 9.72. The Morgan fingerprint density at radius 2 is 1.95 bits per heavy atom. The second kappa shape index (κ2) is 4.74. The summed E-state index contributed by atoms with van der Waals surface area (Å²) in [5.74, 6) is -0.483. The topological polar surface area (TPSA) is 130 Å². The van der Waals surface area contributed by atoms with Gasteiger partial charge in [0.2, 0.25) is 0 Å². The molecule has 0 saturated heterocycles. The van der Waals surface area contributed by atoms with Crippen molar-refractivity contribution in [2.75, 3.05) is 7.11 Å². The molecule has 0 saturated carbocycles. The number of ether oxygens (including phenoxy) is 1. The van der Waals surface area contributed by atoms with Crippen LogP contribution < -0.4 is 5.14 Å². The van der Waals surface area contributed by atoms with Crippen LogP contribution in [-0.4, -0.2) is 41.7 Å². The summed E-state index contributed by atoms with van der Waals surface area (Å²) in [6.45, 7) is 0. The monoisotopic (exact) mass is 283 g/mol. The lowest BCUT2D eigenvalue weighted by Gasteiger charge is -2.00. The normalized spacial score (nSPS) is 11.3. The summed E-state index contributed by atoms with van der Waals surface area (Å²) < 4.78 is 26.5. The van der Waals surface area contributed by atoms with Crippen molar-refractivity contribution in [3.05, 3.63) is 29.8 Å². The summed E-state index contributed by atoms with van der Waals surface area (Å²) in [7, 11) is -2.72. The molecular formula is C9H9N5O4S. The Labute approximate surface area is 108 Å². The molecule has 1 aromatic carbocycles. The average Bonchev–Trinajstić information content (AvgIpc) is 2.87. The van der Waals surface area contributed by atoms with Crippen molar-refractivity contribution in [1.29, 1.82) is 0 Å². The Balaban J connectivity index is 2.33. The number of esters is 1. The van der Waals surface area contributed by atoms with E-state index in [-0.39, 0.29) is 0 Å². The van der Waals surface area contributed by atoms with E-state index >= 15 is 0 Å². The number of methoxy groups -OCH3 is 1. The van der Waals surface area contributed by atoms with Crippen LogP contribution in [0.5, 0.6) is 0 Å². The SMILES string of the molecule is COC(=O)c1ccc(-n2nnc(S(N)(=O)=O)n2)cc1. The molecule has 2 N–H and O–H groups in total. The third-order valence-corrected chi connectivity index (χ3v) is 2.84. The summed E-state index contributed by atoms with van der Waals surface area (Å²) in [5, 5.41) is 14.8. The molecule has 0 amide bonds. The Kier molecular flexibility index (Phi) is 3.27. The lowest BCUT2D eigenvalue weighted by Crippen LogP contribution is -2.14. The molecule has 0 bridgehead atoms. The number of sulfonamides is 1. The first-order chi connectivity index (χ1) is 8.91. The maximum Gasteiger partial charge on any atom is 0.337 e. The van der Waals surface area contributed by atoms with Crippen LogP contribution >= 0.6 is 0 Å². The van der Waals surface area contributed by atoms with Gasteiger partial charge in [-0.15, -0.1) is 9.90 Å². The number of aromatic nitrogens is 4. The molecule has 0 fully saturated rings. The highest BCUT2D eigenvalue weighted by molar-refractivity contribution is 7.89. The first-order valence-electron chi connectivity index (χ1n) is 4.93. The van der Waals surface area contributed by atoms with Gasteiger partial charge in [0.05, 0.1) is 18.4 Å². The van der Waals surface area contributed by atoms with Crippen LogP contribution in [0.2, 0.25) is 0 Å². The molecule has 0 aliphatic carbocycles. The third-order valence-electron chi connectivity index (χ3n) is 2.17. The number of rotatable bonds is 3. The van der Waals surface area contributed by atoms with Crippen LogP contribution in [0, 0.1) is 0 Å². The molecule has 0 aliphatic heterocycles. The zero-order chi connectivity index (χ0) is 14.0. The summed E-state index contributed by atoms with van der Waals surface area (Å²) in [5.41, 5.74) is 0.771. The van der Waals surface area contributed by atoms with Gasteiger partial charge < -0.3 is 4.74 Å². The Bertz CT molecular complexity index is 706. The van der Waals surface area contributed by atoms with Crippen molar-refractivity contribution in [2.24, 2.45) is 5.14 Å². The first kappa shape index (κ1) is 13.1. The minimum absolute atomic E-state index is 0.345. The summed E-state index contributed by atoms with van der Waals surface area (Å²) in [6.07, 6.45) is 0. The molecule has 0 spiro atoms. The molecule has 0 atom stereocenters. The van der Waals surface area contributed by atoms with E-state index in [2.05, 4.69) is 20.1 Å². The highest BCUT2D eigenvalue weighted by Crippen LogP contribution is 2.09. The zero-order valence-corrected chi connectivity index (χ0v) is 10.5. The Hall–Kier alpha value is -2.33. The molecule has 1 aromatic heterocycles. The van der Waals surface area contributed by atoms with Crippen molar-refractivity contribution in [3.63, 3.8) is 0 Å². The quantitative estimate of drug-likeness (QED) is 0.722. The summed E-state index contributed by atoms with van der Waals surface area (Å²) >= 11 is 0. The minimum atomic E-state index is -4.00. The molecule has 10 heteroatoms. The molecular weight excluding hydrogens is 274 g/mol. The number of hydrogen-bond donors (Lipinski definition) is 1. The van der Waals surface area contributed by atoms with E-state index in [1.807, 2.05) is 0 Å². The second-order valence-corrected chi connectivity index (χ2v) is 4.90. The van der Waals surface area contributed by atoms with Gasteiger partial charge in [-0.2, -0.15) is 0 Å². The smallest absolute Gasteiger partial charge is 0.337 e. The Morgan fingerprint density at radius 1 is 1.32 bits per heavy atom. The van der Waals surface area contributed by atoms with Gasteiger partial charge in [0.1, 0.15) is 0 Å². The Morgan fingerprint density at radius 3 is 2.42 bits per heavy atom. The molecule has 2 aromatic rings. The average molecular weight is 283 g/mol. The van der Waals surface area contributed by atoms with E-state index < -0.39 is 21.1 Å². The van der Waals surface area contributed by atoms with E-state index in [9.17, 15) is 13.2 Å². The molecule has 100 valence electrons. The van der Waals surface area contributed by atoms with Crippen molar-refractivity contribution in [1.82, 2.24) is 20.2 Å². The molecule has 0 unspecified atom stereocenters. The molecule has 1 heterocycles. The summed E-state index contributed by atoms with van der Waals surface area (Å²) in [6, 6.07) is 6.00. The van der Waals surface area contributed by atoms with Gasteiger partial charge in [0, 0.05) is 0 Å². The summed E-state index contributed by atoms with van der Waals surface area (Å²) in [4.78, 5) is 12.2. The van der Waals surface area contributed by atoms with E-state index in [0.717, 1.165) is 4.80 Å². The highest BCUT2D eigenvalue weighted by Gasteiger charge is 2.16. The number of benzene rings is 1. The largest absolute Gasteiger partial charge is 0.465 e. The number of hydrogen-bond acceptors (Lipinski definition) is 7. The van der Waals surface area contributed by atoms with Crippen LogP contribution in [0.3, 0.4) is 0 Å². The highest BCUT2D eigenvalue weighted by atomic mass is 32.2. The van der Waals surface area contributed by atoms with Gasteiger partial charge in [-0.25, -0.2) is 18.4 Å². The number of nitrogens with zero attached hydrogens (tertiary/aromatic N) is 4. The number of carbonyl (C=O) groups is 1. The molecule has 19 heavy (non-hydrogen) atoms. The number of carbonyl (C=O) groups excluding carboxylic acids is 1. The van der Waals surface area contributed by atoms with Crippen molar-refractivity contribution < 1.29 is 17.9 Å². The lowest BCUT2D eigenvalue weighted by molar-refractivity contribution is 0.0600. The number of nitrogens with two attached hydrogens (primary N) is 1. The molecule has 0 radical (unpaired) electrons. The van der Waals surface area contributed by atoms with Crippen LogP contribution in [-0.2, 0) is 14.8 Å². The van der Waals surface area contributed by atoms with E-state index in [0.29, 0.717) is 11.3 Å². The predicted molar refractivity (Wildman–Crippen MR) is 61.9 cm³/mol. The van der Waals surface area contributed by atoms with Crippen molar-refractivity contribution >= 4 is 16.0 Å². The fraction of sp³-hybridized carbons (Fsp3) is 0.111. The van der Waals surface area contributed by atoms with Crippen molar-refractivity contribution in [3.8, 4) is 5.69 Å². The second-order valence-electron chi connectivity index (χ2n) is 3.44. The van der Waals surface area contributed by atoms with Gasteiger partial charge in [-0.3, -0.25) is 0 Å². The van der Waals surface area contributed by atoms with Crippen LogP contribution in [0.25, 0.3) is 5.69 Å². The number of tetrazole rings is 1. The fourth-order valence-corrected chi connectivity index (χ4v) is 1.61. The van der Waals surface area contributed by atoms with Crippen LogP contribution in [0.1, 0.15) is 10.4 Å². The molecule has 2 rings (SSSR count). The van der Waals surface area contributed by atoms with Crippen molar-refractivity contribution in [2.45, 2.75) is 5.16 Å². The predicted octanol–water partition coefficient (Wildman–Crippen LogP) is -0.904. The third kappa shape index (κ3) is 2.74. The van der Waals surface area contributed by atoms with Gasteiger partial charge in [-0.05, 0) is 29.5 Å². The maximum absolute atomic E-state index is 11.2. The van der Waals surface area contributed by atoms with Crippen LogP contribution in [0.4, 0.5) is 0 Å². The van der Waals surface area contributed by atoms with E-state index in [1.54, 1.807) is 0 Å². The van der Waals surface area contributed by atoms with Gasteiger partial charge in [-0.1, -0.05) is 5.10 Å². The van der Waals surface area contributed by atoms with Gasteiger partial charge >= 0.3 is 11.1 Å². The minimum Gasteiger partial charge on any atom is -0.465 e. The number of primary sulfonamides is 1. The van der Waals surface area contributed by atoms with Gasteiger partial charge in [0.25, 0.3) is 10.0 Å². The molecule has 9 nitrogen and oxygen atoms in total. The standard InChI is InChI=1S/C9H9N5O4S/c1-18-8(15)6-2-4-7(5-3-6)14-12-9(11-13-14)19(10,16)17/h2-5H,1H3,(H2,10,16,17). The van der Waals surface area contributed by atoms with E-state index in [1.165, 1.54) is 31.4 Å². The fourth-order valence-electron chi connectivity index (χ4n) is 1.27. The molecule has 0 aliphatic rings. The van der Waals surface area contributed by atoms with Crippen LogP contribution in [0.15, 0.2) is 29.4 Å². The van der Waals surface area contributed by atoms with E-state index in [4.69, 9.17) is 5.14 Å². The lowest BCUT2D eigenvalue weighted by atomic mass is 10.2.